The monoisotopic (exact) mass is 398 g/mol. The van der Waals surface area contributed by atoms with Gasteiger partial charge in [-0.15, -0.1) is 24.0 Å². The molecule has 1 fully saturated rings. The molecule has 0 spiro atoms. The molecule has 1 heterocycles. The first-order chi connectivity index (χ1) is 9.26. The van der Waals surface area contributed by atoms with Gasteiger partial charge in [0.05, 0.1) is 13.2 Å². The number of nitrogens with zero attached hydrogens (tertiary/aromatic N) is 2. The van der Waals surface area contributed by atoms with Gasteiger partial charge in [-0.05, 0) is 19.3 Å². The summed E-state index contributed by atoms with van der Waals surface area (Å²) in [5, 5.41) is 6.62. The zero-order chi connectivity index (χ0) is 13.9. The lowest BCUT2D eigenvalue weighted by molar-refractivity contribution is 0.0323. The summed E-state index contributed by atoms with van der Waals surface area (Å²) in [6.45, 7) is 14.3. The molecule has 5 nitrogen and oxygen atoms in total. The predicted octanol–water partition coefficient (Wildman–Crippen LogP) is 1.54. The molecule has 120 valence electrons. The molecule has 0 aromatic heterocycles. The molecule has 0 aromatic rings. The summed E-state index contributed by atoms with van der Waals surface area (Å²) in [4.78, 5) is 7.12. The second-order valence-electron chi connectivity index (χ2n) is 5.16. The third kappa shape index (κ3) is 8.97. The van der Waals surface area contributed by atoms with Gasteiger partial charge in [0.1, 0.15) is 0 Å². The SMILES string of the molecule is CCCNC(=NCC(C)CN1CCOCC1)NCC.I. The topological polar surface area (TPSA) is 48.9 Å². The molecule has 6 heteroatoms. The molecular formula is C14H31IN4O. The van der Waals surface area contributed by atoms with Crippen molar-refractivity contribution in [1.82, 2.24) is 15.5 Å². The van der Waals surface area contributed by atoms with Gasteiger partial charge in [-0.25, -0.2) is 0 Å². The second kappa shape index (κ2) is 12.6. The van der Waals surface area contributed by atoms with E-state index in [4.69, 9.17) is 4.74 Å². The Bertz CT molecular complexity index is 258. The molecule has 1 unspecified atom stereocenters. The average molecular weight is 398 g/mol. The second-order valence-corrected chi connectivity index (χ2v) is 5.16. The number of ether oxygens (including phenoxy) is 1. The van der Waals surface area contributed by atoms with E-state index >= 15 is 0 Å². The van der Waals surface area contributed by atoms with Crippen molar-refractivity contribution in [2.45, 2.75) is 27.2 Å². The maximum atomic E-state index is 5.37. The molecule has 2 N–H and O–H groups in total. The van der Waals surface area contributed by atoms with Gasteiger partial charge < -0.3 is 15.4 Å². The maximum absolute atomic E-state index is 5.37. The summed E-state index contributed by atoms with van der Waals surface area (Å²) >= 11 is 0. The van der Waals surface area contributed by atoms with Gasteiger partial charge in [-0.1, -0.05) is 13.8 Å². The Morgan fingerprint density at radius 1 is 1.25 bits per heavy atom. The summed E-state index contributed by atoms with van der Waals surface area (Å²) in [5.41, 5.74) is 0. The number of halogens is 1. The molecule has 0 bridgehead atoms. The van der Waals surface area contributed by atoms with Gasteiger partial charge in [0.25, 0.3) is 0 Å². The van der Waals surface area contributed by atoms with Crippen LogP contribution in [0.4, 0.5) is 0 Å². The first kappa shape index (κ1) is 19.9. The van der Waals surface area contributed by atoms with Crippen LogP contribution in [0.1, 0.15) is 27.2 Å². The summed E-state index contributed by atoms with van der Waals surface area (Å²) in [6.07, 6.45) is 1.12. The van der Waals surface area contributed by atoms with Crippen LogP contribution in [0, 0.1) is 5.92 Å². The van der Waals surface area contributed by atoms with Crippen LogP contribution in [-0.4, -0.2) is 63.3 Å². The van der Waals surface area contributed by atoms with E-state index in [1.54, 1.807) is 0 Å². The quantitative estimate of drug-likeness (QED) is 0.388. The molecule has 20 heavy (non-hydrogen) atoms. The van der Waals surface area contributed by atoms with Crippen LogP contribution < -0.4 is 10.6 Å². The molecule has 1 saturated heterocycles. The van der Waals surface area contributed by atoms with Crippen molar-refractivity contribution < 1.29 is 4.74 Å². The fourth-order valence-electron chi connectivity index (χ4n) is 2.11. The lowest BCUT2D eigenvalue weighted by atomic mass is 10.1. The number of guanidine groups is 1. The minimum atomic E-state index is 0. The van der Waals surface area contributed by atoms with Crippen molar-refractivity contribution in [1.29, 1.82) is 0 Å². The van der Waals surface area contributed by atoms with E-state index in [2.05, 4.69) is 41.3 Å². The third-order valence-corrected chi connectivity index (χ3v) is 3.12. The summed E-state index contributed by atoms with van der Waals surface area (Å²) in [5.74, 6) is 1.52. The van der Waals surface area contributed by atoms with Crippen LogP contribution in [-0.2, 0) is 4.74 Å². The van der Waals surface area contributed by atoms with Gasteiger partial charge in [0, 0.05) is 39.3 Å². The molecule has 1 aliphatic heterocycles. The summed E-state index contributed by atoms with van der Waals surface area (Å²) in [6, 6.07) is 0. The fraction of sp³-hybridized carbons (Fsp3) is 0.929. The van der Waals surface area contributed by atoms with Crippen molar-refractivity contribution in [3.8, 4) is 0 Å². The Morgan fingerprint density at radius 2 is 1.95 bits per heavy atom. The standard InChI is InChI=1S/C14H30N4O.HI/c1-4-6-16-14(15-5-2)17-11-13(3)12-18-7-9-19-10-8-18;/h13H,4-12H2,1-3H3,(H2,15,16,17);1H. The van der Waals surface area contributed by atoms with Crippen molar-refractivity contribution in [3.63, 3.8) is 0 Å². The van der Waals surface area contributed by atoms with E-state index in [1.165, 1.54) is 0 Å². The number of nitrogens with one attached hydrogen (secondary N) is 2. The van der Waals surface area contributed by atoms with Crippen LogP contribution in [0.25, 0.3) is 0 Å². The Hall–Kier alpha value is -0.0800. The zero-order valence-electron chi connectivity index (χ0n) is 13.2. The summed E-state index contributed by atoms with van der Waals surface area (Å²) < 4.78 is 5.37. The Balaban J connectivity index is 0.00000361. The molecule has 0 aromatic carbocycles. The van der Waals surface area contributed by atoms with Crippen molar-refractivity contribution in [2.75, 3.05) is 52.5 Å². The van der Waals surface area contributed by atoms with E-state index in [0.717, 1.165) is 64.9 Å². The zero-order valence-corrected chi connectivity index (χ0v) is 15.5. The van der Waals surface area contributed by atoms with Gasteiger partial charge in [-0.3, -0.25) is 9.89 Å². The van der Waals surface area contributed by atoms with Gasteiger partial charge in [0.2, 0.25) is 0 Å². The largest absolute Gasteiger partial charge is 0.379 e. The van der Waals surface area contributed by atoms with Crippen LogP contribution in [0.3, 0.4) is 0 Å². The number of hydrogen-bond acceptors (Lipinski definition) is 3. The highest BCUT2D eigenvalue weighted by Crippen LogP contribution is 2.03. The van der Waals surface area contributed by atoms with Gasteiger partial charge in [0.15, 0.2) is 5.96 Å². The lowest BCUT2D eigenvalue weighted by Crippen LogP contribution is -2.40. The normalized spacial score (nSPS) is 18.2. The highest BCUT2D eigenvalue weighted by Gasteiger charge is 2.13. The Labute approximate surface area is 140 Å². The minimum absolute atomic E-state index is 0. The Kier molecular flexibility index (Phi) is 12.6. The molecule has 0 saturated carbocycles. The number of aliphatic imine (C=N–C) groups is 1. The average Bonchev–Trinajstić information content (AvgIpc) is 2.43. The minimum Gasteiger partial charge on any atom is -0.379 e. The van der Waals surface area contributed by atoms with E-state index in [0.29, 0.717) is 5.92 Å². The van der Waals surface area contributed by atoms with E-state index in [1.807, 2.05) is 0 Å². The molecule has 0 amide bonds. The number of rotatable bonds is 7. The lowest BCUT2D eigenvalue weighted by Gasteiger charge is -2.28. The number of hydrogen-bond donors (Lipinski definition) is 2. The van der Waals surface area contributed by atoms with E-state index in [9.17, 15) is 0 Å². The van der Waals surface area contributed by atoms with E-state index in [-0.39, 0.29) is 24.0 Å². The highest BCUT2D eigenvalue weighted by molar-refractivity contribution is 14.0. The summed E-state index contributed by atoms with van der Waals surface area (Å²) in [7, 11) is 0. The predicted molar refractivity (Wildman–Crippen MR) is 96.1 cm³/mol. The van der Waals surface area contributed by atoms with E-state index < -0.39 is 0 Å². The molecule has 0 radical (unpaired) electrons. The first-order valence-corrected chi connectivity index (χ1v) is 7.58. The van der Waals surface area contributed by atoms with Crippen molar-refractivity contribution in [2.24, 2.45) is 10.9 Å². The molecule has 1 atom stereocenters. The van der Waals surface area contributed by atoms with Crippen LogP contribution in [0.15, 0.2) is 4.99 Å². The van der Waals surface area contributed by atoms with Crippen LogP contribution in [0.5, 0.6) is 0 Å². The van der Waals surface area contributed by atoms with Gasteiger partial charge in [-0.2, -0.15) is 0 Å². The first-order valence-electron chi connectivity index (χ1n) is 7.58. The molecule has 1 rings (SSSR count). The van der Waals surface area contributed by atoms with Crippen molar-refractivity contribution in [3.05, 3.63) is 0 Å². The number of morpholine rings is 1. The molecular weight excluding hydrogens is 367 g/mol. The van der Waals surface area contributed by atoms with Crippen LogP contribution in [0.2, 0.25) is 0 Å². The third-order valence-electron chi connectivity index (χ3n) is 3.12. The van der Waals surface area contributed by atoms with Crippen molar-refractivity contribution >= 4 is 29.9 Å². The highest BCUT2D eigenvalue weighted by atomic mass is 127. The van der Waals surface area contributed by atoms with Gasteiger partial charge >= 0.3 is 0 Å². The molecule has 0 aliphatic carbocycles. The molecule has 1 aliphatic rings. The van der Waals surface area contributed by atoms with Crippen LogP contribution >= 0.6 is 24.0 Å². The fourth-order valence-corrected chi connectivity index (χ4v) is 2.11. The smallest absolute Gasteiger partial charge is 0.191 e. The Morgan fingerprint density at radius 3 is 2.55 bits per heavy atom. The maximum Gasteiger partial charge on any atom is 0.191 e.